The van der Waals surface area contributed by atoms with Crippen molar-refractivity contribution >= 4 is 0 Å². The molecule has 106 valence electrons. The molecule has 0 radical (unpaired) electrons. The van der Waals surface area contributed by atoms with Crippen LogP contribution in [0.4, 0.5) is 4.39 Å². The maximum Gasteiger partial charge on any atom is 0.132 e. The van der Waals surface area contributed by atoms with Gasteiger partial charge in [-0.3, -0.25) is 0 Å². The van der Waals surface area contributed by atoms with Crippen LogP contribution in [-0.4, -0.2) is 12.2 Å². The zero-order valence-electron chi connectivity index (χ0n) is 11.9. The summed E-state index contributed by atoms with van der Waals surface area (Å²) >= 11 is 0. The fourth-order valence-corrected chi connectivity index (χ4v) is 3.00. The van der Waals surface area contributed by atoms with Gasteiger partial charge in [-0.15, -0.1) is 0 Å². The molecule has 0 amide bonds. The maximum atomic E-state index is 14.0. The molecule has 0 spiro atoms. The molecule has 4 unspecified atom stereocenters. The summed E-state index contributed by atoms with van der Waals surface area (Å²) in [4.78, 5) is 0. The zero-order chi connectivity index (χ0) is 14.0. The van der Waals surface area contributed by atoms with E-state index in [1.54, 1.807) is 12.1 Å². The molecule has 3 heteroatoms. The van der Waals surface area contributed by atoms with E-state index in [0.29, 0.717) is 23.1 Å². The summed E-state index contributed by atoms with van der Waals surface area (Å²) in [6, 6.07) is 4.69. The number of hydrogen-bond donors (Lipinski definition) is 1. The minimum Gasteiger partial charge on any atom is -0.497 e. The summed E-state index contributed by atoms with van der Waals surface area (Å²) in [7, 11) is 1.51. The van der Waals surface area contributed by atoms with Crippen molar-refractivity contribution in [1.29, 1.82) is 0 Å². The molecule has 0 heterocycles. The average molecular weight is 266 g/mol. The molecule has 1 aromatic rings. The molecule has 1 aliphatic carbocycles. The second-order valence-corrected chi connectivity index (χ2v) is 5.86. The third kappa shape index (κ3) is 3.08. The number of benzene rings is 1. The summed E-state index contributed by atoms with van der Waals surface area (Å²) in [5, 5.41) is 10.4. The largest absolute Gasteiger partial charge is 0.497 e. The molecule has 1 aliphatic rings. The lowest BCUT2D eigenvalue weighted by Crippen LogP contribution is -2.25. The molecular weight excluding hydrogens is 243 g/mol. The van der Waals surface area contributed by atoms with Crippen LogP contribution in [-0.2, 0) is 0 Å². The van der Waals surface area contributed by atoms with Crippen LogP contribution >= 0.6 is 0 Å². The zero-order valence-corrected chi connectivity index (χ0v) is 11.9. The number of methoxy groups -OCH3 is 1. The van der Waals surface area contributed by atoms with Gasteiger partial charge in [0.05, 0.1) is 13.2 Å². The monoisotopic (exact) mass is 266 g/mol. The Kier molecular flexibility index (Phi) is 4.46. The molecule has 0 saturated heterocycles. The molecule has 4 atom stereocenters. The predicted molar refractivity (Wildman–Crippen MR) is 73.6 cm³/mol. The van der Waals surface area contributed by atoms with Gasteiger partial charge in [-0.25, -0.2) is 4.39 Å². The van der Waals surface area contributed by atoms with Crippen LogP contribution in [0.15, 0.2) is 18.2 Å². The molecular formula is C16H23FO2. The number of aliphatic hydroxyl groups is 1. The molecule has 1 aromatic carbocycles. The number of halogens is 1. The molecule has 1 N–H and O–H groups in total. The molecule has 1 saturated carbocycles. The van der Waals surface area contributed by atoms with Crippen LogP contribution < -0.4 is 4.74 Å². The summed E-state index contributed by atoms with van der Waals surface area (Å²) in [6.45, 7) is 4.47. The van der Waals surface area contributed by atoms with Crippen LogP contribution in [0.3, 0.4) is 0 Å². The van der Waals surface area contributed by atoms with Gasteiger partial charge < -0.3 is 9.84 Å². The quantitative estimate of drug-likeness (QED) is 0.898. The first-order valence-corrected chi connectivity index (χ1v) is 7.04. The van der Waals surface area contributed by atoms with Crippen molar-refractivity contribution in [2.24, 2.45) is 17.8 Å². The van der Waals surface area contributed by atoms with Gasteiger partial charge in [0.1, 0.15) is 11.6 Å². The molecule has 0 bridgehead atoms. The molecule has 1 fully saturated rings. The van der Waals surface area contributed by atoms with Gasteiger partial charge in [0.25, 0.3) is 0 Å². The normalized spacial score (nSPS) is 29.0. The highest BCUT2D eigenvalue weighted by atomic mass is 19.1. The van der Waals surface area contributed by atoms with Gasteiger partial charge in [-0.05, 0) is 42.7 Å². The number of aliphatic hydroxyl groups excluding tert-OH is 1. The van der Waals surface area contributed by atoms with E-state index in [1.807, 2.05) is 0 Å². The maximum absolute atomic E-state index is 14.0. The molecule has 2 rings (SSSR count). The van der Waals surface area contributed by atoms with Crippen molar-refractivity contribution in [2.45, 2.75) is 39.2 Å². The average Bonchev–Trinajstić information content (AvgIpc) is 2.41. The van der Waals surface area contributed by atoms with Crippen LogP contribution in [0.25, 0.3) is 0 Å². The van der Waals surface area contributed by atoms with Crippen LogP contribution in [0.5, 0.6) is 5.75 Å². The van der Waals surface area contributed by atoms with Crippen LogP contribution in [0.1, 0.15) is 44.8 Å². The van der Waals surface area contributed by atoms with Crippen molar-refractivity contribution in [1.82, 2.24) is 0 Å². The van der Waals surface area contributed by atoms with E-state index < -0.39 is 6.10 Å². The van der Waals surface area contributed by atoms with Gasteiger partial charge in [-0.2, -0.15) is 0 Å². The third-order valence-corrected chi connectivity index (χ3v) is 4.61. The Labute approximate surface area is 114 Å². The van der Waals surface area contributed by atoms with E-state index in [9.17, 15) is 9.50 Å². The second-order valence-electron chi connectivity index (χ2n) is 5.86. The van der Waals surface area contributed by atoms with Gasteiger partial charge in [0.2, 0.25) is 0 Å². The minimum absolute atomic E-state index is 0.161. The van der Waals surface area contributed by atoms with Crippen LogP contribution in [0, 0.1) is 23.6 Å². The highest BCUT2D eigenvalue weighted by molar-refractivity contribution is 5.30. The lowest BCUT2D eigenvalue weighted by atomic mass is 9.73. The number of hydrogen-bond acceptors (Lipinski definition) is 2. The van der Waals surface area contributed by atoms with Gasteiger partial charge >= 0.3 is 0 Å². The van der Waals surface area contributed by atoms with Crippen molar-refractivity contribution in [2.75, 3.05) is 7.11 Å². The summed E-state index contributed by atoms with van der Waals surface area (Å²) < 4.78 is 19.0. The van der Waals surface area contributed by atoms with E-state index in [2.05, 4.69) is 13.8 Å². The van der Waals surface area contributed by atoms with Crippen molar-refractivity contribution in [3.63, 3.8) is 0 Å². The first-order valence-electron chi connectivity index (χ1n) is 7.04. The van der Waals surface area contributed by atoms with Gasteiger partial charge in [0.15, 0.2) is 0 Å². The lowest BCUT2D eigenvalue weighted by molar-refractivity contribution is 0.0536. The van der Waals surface area contributed by atoms with Gasteiger partial charge in [0, 0.05) is 11.6 Å². The van der Waals surface area contributed by atoms with Crippen molar-refractivity contribution in [3.05, 3.63) is 29.6 Å². The third-order valence-electron chi connectivity index (χ3n) is 4.61. The Balaban J connectivity index is 2.13. The standard InChI is InChI=1S/C16H23FO2/c1-10-4-5-12(8-11(10)2)16(18)14-7-6-13(19-3)9-15(14)17/h6-7,9-12,16,18H,4-5,8H2,1-3H3. The Morgan fingerprint density at radius 2 is 2.00 bits per heavy atom. The summed E-state index contributed by atoms with van der Waals surface area (Å²) in [5.74, 6) is 1.56. The van der Waals surface area contributed by atoms with E-state index in [4.69, 9.17) is 4.74 Å². The van der Waals surface area contributed by atoms with Gasteiger partial charge in [-0.1, -0.05) is 20.3 Å². The molecule has 0 aromatic heterocycles. The summed E-state index contributed by atoms with van der Waals surface area (Å²) in [6.07, 6.45) is 2.34. The Morgan fingerprint density at radius 1 is 1.26 bits per heavy atom. The first-order chi connectivity index (χ1) is 9.02. The van der Waals surface area contributed by atoms with E-state index in [0.717, 1.165) is 19.3 Å². The molecule has 19 heavy (non-hydrogen) atoms. The lowest BCUT2D eigenvalue weighted by Gasteiger charge is -2.34. The Morgan fingerprint density at radius 3 is 2.58 bits per heavy atom. The Hall–Kier alpha value is -1.09. The highest BCUT2D eigenvalue weighted by Crippen LogP contribution is 2.40. The number of ether oxygens (including phenoxy) is 1. The Bertz CT molecular complexity index is 433. The van der Waals surface area contributed by atoms with Crippen LogP contribution in [0.2, 0.25) is 0 Å². The SMILES string of the molecule is COc1ccc(C(O)C2CCC(C)C(C)C2)c(F)c1. The highest BCUT2D eigenvalue weighted by Gasteiger charge is 2.31. The minimum atomic E-state index is -0.708. The molecule has 0 aliphatic heterocycles. The van der Waals surface area contributed by atoms with E-state index in [-0.39, 0.29) is 11.7 Å². The second kappa shape index (κ2) is 5.91. The topological polar surface area (TPSA) is 29.5 Å². The first kappa shape index (κ1) is 14.3. The van der Waals surface area contributed by atoms with Crippen molar-refractivity contribution in [3.8, 4) is 5.75 Å². The van der Waals surface area contributed by atoms with E-state index >= 15 is 0 Å². The van der Waals surface area contributed by atoms with E-state index in [1.165, 1.54) is 13.2 Å². The molecule has 2 nitrogen and oxygen atoms in total. The number of rotatable bonds is 3. The fraction of sp³-hybridized carbons (Fsp3) is 0.625. The smallest absolute Gasteiger partial charge is 0.132 e. The predicted octanol–water partition coefficient (Wildman–Crippen LogP) is 3.94. The van der Waals surface area contributed by atoms with Crippen molar-refractivity contribution < 1.29 is 14.2 Å². The fourth-order valence-electron chi connectivity index (χ4n) is 3.00. The summed E-state index contributed by atoms with van der Waals surface area (Å²) in [5.41, 5.74) is 0.396.